The molecule has 0 aromatic carbocycles. The summed E-state index contributed by atoms with van der Waals surface area (Å²) in [6.07, 6.45) is 5.63. The molecule has 13 heavy (non-hydrogen) atoms. The lowest BCUT2D eigenvalue weighted by molar-refractivity contribution is -0.161. The topological polar surface area (TPSA) is 47.9 Å². The third kappa shape index (κ3) is 1.70. The van der Waals surface area contributed by atoms with Gasteiger partial charge in [-0.25, -0.2) is 4.79 Å². The first-order valence-electron chi connectivity index (χ1n) is 4.39. The Morgan fingerprint density at radius 3 is 2.77 bits per heavy atom. The number of hydrogen-bond acceptors (Lipinski definition) is 4. The van der Waals surface area contributed by atoms with Gasteiger partial charge in [-0.15, -0.1) is 0 Å². The number of rotatable bonds is 1. The fourth-order valence-corrected chi connectivity index (χ4v) is 1.72. The largest absolute Gasteiger partial charge is 0.347 e. The summed E-state index contributed by atoms with van der Waals surface area (Å²) in [5, 5.41) is 0. The minimum atomic E-state index is -0.415. The zero-order valence-electron chi connectivity index (χ0n) is 7.28. The van der Waals surface area contributed by atoms with E-state index >= 15 is 0 Å². The second kappa shape index (κ2) is 3.42. The van der Waals surface area contributed by atoms with E-state index in [2.05, 4.69) is 4.99 Å². The Bertz CT molecular complexity index is 273. The van der Waals surface area contributed by atoms with Crippen LogP contribution in [0.5, 0.6) is 0 Å². The van der Waals surface area contributed by atoms with Gasteiger partial charge in [0.1, 0.15) is 0 Å². The van der Waals surface area contributed by atoms with Gasteiger partial charge in [-0.05, 0) is 6.42 Å². The molecule has 0 N–H and O–H groups in total. The number of allylic oxidation sites excluding steroid dienone is 1. The van der Waals surface area contributed by atoms with Crippen molar-refractivity contribution < 1.29 is 14.3 Å². The van der Waals surface area contributed by atoms with Gasteiger partial charge in [-0.2, -0.15) is 4.99 Å². The van der Waals surface area contributed by atoms with E-state index in [1.54, 1.807) is 6.08 Å². The van der Waals surface area contributed by atoms with Gasteiger partial charge in [-0.3, -0.25) is 0 Å². The first kappa shape index (κ1) is 8.63. The van der Waals surface area contributed by atoms with Crippen LogP contribution in [0.4, 0.5) is 0 Å². The molecule has 2 rings (SSSR count). The molecule has 0 atom stereocenters. The van der Waals surface area contributed by atoms with Crippen LogP contribution in [-0.4, -0.2) is 25.1 Å². The molecule has 0 bridgehead atoms. The quantitative estimate of drug-likeness (QED) is 0.450. The van der Waals surface area contributed by atoms with Crippen molar-refractivity contribution in [3.63, 3.8) is 0 Å². The first-order chi connectivity index (χ1) is 6.35. The zero-order chi connectivity index (χ0) is 9.15. The molecule has 0 aromatic rings. The second-order valence-corrected chi connectivity index (χ2v) is 3.21. The highest BCUT2D eigenvalue weighted by Gasteiger charge is 2.37. The Balaban J connectivity index is 2.05. The standard InChI is InChI=1S/C9H11NO3/c11-7-10-8-1-3-9(4-2-8)12-5-6-13-9/h1H,2-6H2. The zero-order valence-corrected chi connectivity index (χ0v) is 7.28. The highest BCUT2D eigenvalue weighted by atomic mass is 16.7. The maximum absolute atomic E-state index is 9.99. The van der Waals surface area contributed by atoms with Crippen LogP contribution in [-0.2, 0) is 14.3 Å². The van der Waals surface area contributed by atoms with E-state index < -0.39 is 5.79 Å². The van der Waals surface area contributed by atoms with E-state index in [0.717, 1.165) is 18.5 Å². The van der Waals surface area contributed by atoms with Crippen LogP contribution in [0.15, 0.2) is 16.8 Å². The van der Waals surface area contributed by atoms with E-state index in [9.17, 15) is 4.79 Å². The molecule has 70 valence electrons. The summed E-state index contributed by atoms with van der Waals surface area (Å²) in [6, 6.07) is 0. The maximum Gasteiger partial charge on any atom is 0.240 e. The minimum Gasteiger partial charge on any atom is -0.347 e. The third-order valence-corrected chi connectivity index (χ3v) is 2.41. The van der Waals surface area contributed by atoms with Crippen molar-refractivity contribution in [3.05, 3.63) is 11.8 Å². The number of carbonyl (C=O) groups excluding carboxylic acids is 1. The van der Waals surface area contributed by atoms with Crippen molar-refractivity contribution in [1.29, 1.82) is 0 Å². The highest BCUT2D eigenvalue weighted by molar-refractivity contribution is 5.37. The Hall–Kier alpha value is -0.960. The number of nitrogens with zero attached hydrogens (tertiary/aromatic N) is 1. The van der Waals surface area contributed by atoms with Crippen LogP contribution < -0.4 is 0 Å². The summed E-state index contributed by atoms with van der Waals surface area (Å²) in [5.41, 5.74) is 0.791. The smallest absolute Gasteiger partial charge is 0.240 e. The van der Waals surface area contributed by atoms with Crippen molar-refractivity contribution in [2.45, 2.75) is 25.0 Å². The van der Waals surface area contributed by atoms with Crippen LogP contribution >= 0.6 is 0 Å². The molecule has 2 aliphatic rings. The molecule has 1 heterocycles. The maximum atomic E-state index is 9.99. The molecular formula is C9H11NO3. The van der Waals surface area contributed by atoms with E-state index in [4.69, 9.17) is 9.47 Å². The van der Waals surface area contributed by atoms with Crippen molar-refractivity contribution in [2.24, 2.45) is 4.99 Å². The molecular weight excluding hydrogens is 170 g/mol. The molecule has 0 saturated carbocycles. The predicted octanol–water partition coefficient (Wildman–Crippen LogP) is 1.13. The van der Waals surface area contributed by atoms with Gasteiger partial charge in [0.15, 0.2) is 5.79 Å². The lowest BCUT2D eigenvalue weighted by atomic mass is 9.98. The highest BCUT2D eigenvalue weighted by Crippen LogP contribution is 2.34. The molecule has 0 aromatic heterocycles. The van der Waals surface area contributed by atoms with E-state index in [1.165, 1.54) is 0 Å². The van der Waals surface area contributed by atoms with Crippen LogP contribution in [0.1, 0.15) is 19.3 Å². The predicted molar refractivity (Wildman–Crippen MR) is 44.7 cm³/mol. The number of ether oxygens (including phenoxy) is 2. The van der Waals surface area contributed by atoms with Crippen molar-refractivity contribution >= 4 is 6.08 Å². The molecule has 0 unspecified atom stereocenters. The normalized spacial score (nSPS) is 25.4. The lowest BCUT2D eigenvalue weighted by Gasteiger charge is -2.29. The van der Waals surface area contributed by atoms with E-state index in [1.807, 2.05) is 6.08 Å². The molecule has 4 heteroatoms. The van der Waals surface area contributed by atoms with E-state index in [0.29, 0.717) is 19.6 Å². The van der Waals surface area contributed by atoms with Gasteiger partial charge in [-0.1, -0.05) is 6.08 Å². The van der Waals surface area contributed by atoms with E-state index in [-0.39, 0.29) is 0 Å². The van der Waals surface area contributed by atoms with Gasteiger partial charge in [0.25, 0.3) is 0 Å². The summed E-state index contributed by atoms with van der Waals surface area (Å²) in [4.78, 5) is 13.6. The van der Waals surface area contributed by atoms with Crippen LogP contribution in [0.25, 0.3) is 0 Å². The summed E-state index contributed by atoms with van der Waals surface area (Å²) in [6.45, 7) is 1.33. The molecule has 1 aliphatic carbocycles. The average Bonchev–Trinajstić information content (AvgIpc) is 2.59. The Morgan fingerprint density at radius 1 is 1.46 bits per heavy atom. The molecule has 0 amide bonds. The van der Waals surface area contributed by atoms with Crippen LogP contribution in [0.2, 0.25) is 0 Å². The Morgan fingerprint density at radius 2 is 2.23 bits per heavy atom. The fourth-order valence-electron chi connectivity index (χ4n) is 1.72. The fraction of sp³-hybridized carbons (Fsp3) is 0.667. The molecule has 1 aliphatic heterocycles. The summed E-state index contributed by atoms with van der Waals surface area (Å²) in [7, 11) is 0. The molecule has 1 saturated heterocycles. The van der Waals surface area contributed by atoms with Gasteiger partial charge in [0.2, 0.25) is 6.08 Å². The minimum absolute atomic E-state index is 0.415. The summed E-state index contributed by atoms with van der Waals surface area (Å²) >= 11 is 0. The summed E-state index contributed by atoms with van der Waals surface area (Å²) < 4.78 is 11.0. The van der Waals surface area contributed by atoms with Gasteiger partial charge in [0, 0.05) is 12.8 Å². The number of isocyanates is 1. The Kier molecular flexibility index (Phi) is 2.27. The molecule has 0 radical (unpaired) electrons. The number of hydrogen-bond donors (Lipinski definition) is 0. The molecule has 1 fully saturated rings. The first-order valence-corrected chi connectivity index (χ1v) is 4.39. The lowest BCUT2D eigenvalue weighted by Crippen LogP contribution is -2.31. The monoisotopic (exact) mass is 181 g/mol. The molecule has 1 spiro atoms. The van der Waals surface area contributed by atoms with Gasteiger partial charge < -0.3 is 9.47 Å². The Labute approximate surface area is 76.2 Å². The van der Waals surface area contributed by atoms with Crippen LogP contribution in [0, 0.1) is 0 Å². The van der Waals surface area contributed by atoms with Crippen molar-refractivity contribution in [1.82, 2.24) is 0 Å². The number of aliphatic imine (C=N–C) groups is 1. The average molecular weight is 181 g/mol. The van der Waals surface area contributed by atoms with Gasteiger partial charge >= 0.3 is 0 Å². The summed E-state index contributed by atoms with van der Waals surface area (Å²) in [5.74, 6) is -0.415. The third-order valence-electron chi connectivity index (χ3n) is 2.41. The van der Waals surface area contributed by atoms with Crippen molar-refractivity contribution in [3.8, 4) is 0 Å². The molecule has 4 nitrogen and oxygen atoms in total. The van der Waals surface area contributed by atoms with Crippen LogP contribution in [0.3, 0.4) is 0 Å². The van der Waals surface area contributed by atoms with Gasteiger partial charge in [0.05, 0.1) is 18.9 Å². The van der Waals surface area contributed by atoms with Crippen molar-refractivity contribution in [2.75, 3.05) is 13.2 Å². The SMILES string of the molecule is O=C=NC1=CCC2(CC1)OCCO2. The second-order valence-electron chi connectivity index (χ2n) is 3.21.